The Morgan fingerprint density at radius 1 is 0.448 bits per heavy atom. The molecule has 0 bridgehead atoms. The second-order valence-electron chi connectivity index (χ2n) is 30.0. The van der Waals surface area contributed by atoms with Crippen LogP contribution in [0.2, 0.25) is 0 Å². The zero-order valence-electron chi connectivity index (χ0n) is 77.9. The van der Waals surface area contributed by atoms with E-state index in [0.717, 1.165) is 62.3 Å². The quantitative estimate of drug-likeness (QED) is 0.00613. The molecule has 0 saturated carbocycles. The first-order chi connectivity index (χ1) is 69.5. The number of ether oxygens (including phenoxy) is 6. The topological polar surface area (TPSA) is 504 Å². The molecule has 734 valence electrons. The van der Waals surface area contributed by atoms with E-state index in [1.165, 1.54) is 106 Å². The molecule has 11 N–H and O–H groups in total. The van der Waals surface area contributed by atoms with Crippen molar-refractivity contribution >= 4 is 123 Å². The van der Waals surface area contributed by atoms with E-state index in [4.69, 9.17) is 28.4 Å². The molecule has 3 amide bonds. The number of aromatic hydroxyl groups is 3. The number of H-pyrrole nitrogens is 6. The molecule has 0 aliphatic carbocycles. The van der Waals surface area contributed by atoms with Crippen molar-refractivity contribution < 1.29 is 72.2 Å². The Balaban J connectivity index is 0.000000144. The first-order valence-electron chi connectivity index (χ1n) is 43.4. The maximum Gasteiger partial charge on any atom is 0.292 e. The molecule has 0 atom stereocenters. The van der Waals surface area contributed by atoms with Crippen LogP contribution in [0.15, 0.2) is 268 Å². The van der Waals surface area contributed by atoms with Gasteiger partial charge in [0.1, 0.15) is 51.8 Å². The number of carbonyl (C=O) groups is 4. The molecule has 10 aromatic carbocycles. The fraction of sp³-hybridized carbons (Fsp3) is 0.172. The van der Waals surface area contributed by atoms with Crippen molar-refractivity contribution in [2.45, 2.75) is 52.3 Å². The first kappa shape index (κ1) is 104. The summed E-state index contributed by atoms with van der Waals surface area (Å²) >= 11 is 7.96. The number of halogens is 1. The lowest BCUT2D eigenvalue weighted by Crippen LogP contribution is -2.41. The summed E-state index contributed by atoms with van der Waals surface area (Å²) in [7, 11) is 7.99. The molecule has 1 aliphatic rings. The number of Topliss-reactive ketones (excluding diaryl/α,β-unsaturated/α-hetero) is 1. The van der Waals surface area contributed by atoms with Crippen molar-refractivity contribution in [2.24, 2.45) is 0 Å². The lowest BCUT2D eigenvalue weighted by molar-refractivity contribution is -0.383. The second-order valence-corrected chi connectivity index (χ2v) is 35.7. The average Bonchev–Trinajstić information content (AvgIpc) is 1.69. The number of phenols is 3. The van der Waals surface area contributed by atoms with Crippen LogP contribution < -0.4 is 34.3 Å². The maximum absolute atomic E-state index is 13.6. The van der Waals surface area contributed by atoms with E-state index >= 15 is 0 Å². The molecule has 0 spiro atoms. The molecule has 1 aliphatic heterocycles. The van der Waals surface area contributed by atoms with Crippen molar-refractivity contribution in [3.05, 3.63) is 296 Å². The summed E-state index contributed by atoms with van der Waals surface area (Å²) in [6.45, 7) is 8.65. The Morgan fingerprint density at radius 3 is 1.34 bits per heavy atom. The maximum atomic E-state index is 13.6. The number of benzene rings is 10. The Labute approximate surface area is 843 Å². The van der Waals surface area contributed by atoms with E-state index in [9.17, 15) is 49.0 Å². The number of ketones is 1. The van der Waals surface area contributed by atoms with Crippen molar-refractivity contribution in [3.8, 4) is 114 Å². The zero-order valence-corrected chi connectivity index (χ0v) is 82.8. The van der Waals surface area contributed by atoms with Crippen molar-refractivity contribution in [2.75, 3.05) is 95.5 Å². The number of morpholine rings is 1. The van der Waals surface area contributed by atoms with Gasteiger partial charge >= 0.3 is 0 Å². The highest BCUT2D eigenvalue weighted by Crippen LogP contribution is 2.37. The number of rotatable bonds is 32. The van der Waals surface area contributed by atoms with Gasteiger partial charge in [-0.25, -0.2) is 34.3 Å². The predicted molar refractivity (Wildman–Crippen MR) is 550 cm³/mol. The zero-order chi connectivity index (χ0) is 101. The van der Waals surface area contributed by atoms with Gasteiger partial charge in [0, 0.05) is 41.0 Å². The molecule has 143 heavy (non-hydrogen) atoms. The third kappa shape index (κ3) is 30.0. The number of nitrogens with one attached hydrogen (secondary N) is 8. The largest absolute Gasteiger partial charge is 0.507 e. The third-order valence-electron chi connectivity index (χ3n) is 20.5. The Morgan fingerprint density at radius 2 is 0.881 bits per heavy atom. The summed E-state index contributed by atoms with van der Waals surface area (Å²) in [5, 5.41) is 91.4. The van der Waals surface area contributed by atoms with E-state index in [1.807, 2.05) is 183 Å². The van der Waals surface area contributed by atoms with E-state index < -0.39 is 10.8 Å². The van der Waals surface area contributed by atoms with Gasteiger partial charge in [-0.1, -0.05) is 168 Å². The number of nitrogens with zero attached hydrogens (tertiary/aromatic N) is 14. The van der Waals surface area contributed by atoms with Crippen LogP contribution in [0, 0.1) is 36.7 Å². The molecule has 18 rings (SSSR count). The Bertz CT molecular complexity index is 7170. The van der Waals surface area contributed by atoms with Crippen LogP contribution in [-0.4, -0.2) is 225 Å². The van der Waals surface area contributed by atoms with E-state index in [0.29, 0.717) is 138 Å². The highest BCUT2D eigenvalue weighted by molar-refractivity contribution is 8.00. The van der Waals surface area contributed by atoms with E-state index in [1.54, 1.807) is 83.3 Å². The fourth-order valence-corrected chi connectivity index (χ4v) is 17.3. The number of methoxy groups -OCH3 is 5. The molecule has 37 nitrogen and oxygen atoms in total. The Kier molecular flexibility index (Phi) is 38.6. The van der Waals surface area contributed by atoms with Crippen molar-refractivity contribution in [3.63, 3.8) is 0 Å². The summed E-state index contributed by atoms with van der Waals surface area (Å²) in [5.41, 5.74) is 9.98. The van der Waals surface area contributed by atoms with Crippen LogP contribution in [0.25, 0.3) is 80.5 Å². The van der Waals surface area contributed by atoms with Gasteiger partial charge in [0.15, 0.2) is 52.2 Å². The summed E-state index contributed by atoms with van der Waals surface area (Å²) in [6, 6.07) is 69.1. The number of para-hydroxylation sites is 8. The minimum atomic E-state index is -0.544. The number of carbonyl (C=O) groups excluding carboxylic acids is 4. The van der Waals surface area contributed by atoms with E-state index in [2.05, 4.69) is 120 Å². The van der Waals surface area contributed by atoms with Gasteiger partial charge in [-0.2, -0.15) is 5.10 Å². The van der Waals surface area contributed by atoms with Crippen LogP contribution in [0.5, 0.6) is 46.0 Å². The smallest absolute Gasteiger partial charge is 0.292 e. The van der Waals surface area contributed by atoms with Crippen LogP contribution in [0.4, 0.5) is 21.5 Å². The number of hydrogen-bond donors (Lipinski definition) is 11. The van der Waals surface area contributed by atoms with Crippen LogP contribution in [0.3, 0.4) is 0 Å². The fourth-order valence-electron chi connectivity index (χ4n) is 13.1. The molecular formula is C99H95FN22O15S6. The number of phenolic OH excluding ortho intramolecular Hbond substituents is 3. The molecule has 8 heterocycles. The van der Waals surface area contributed by atoms with Crippen molar-refractivity contribution in [1.82, 2.24) is 96.0 Å². The first-order valence-corrected chi connectivity index (χ1v) is 49.2. The van der Waals surface area contributed by atoms with Crippen molar-refractivity contribution in [1.29, 1.82) is 0 Å². The number of nitro groups is 1. The minimum Gasteiger partial charge on any atom is -0.507 e. The lowest BCUT2D eigenvalue weighted by atomic mass is 10.1. The number of amides is 3. The van der Waals surface area contributed by atoms with Gasteiger partial charge < -0.3 is 59.3 Å². The normalized spacial score (nSPS) is 11.3. The highest BCUT2D eigenvalue weighted by Gasteiger charge is 2.24. The number of thiophene rings is 1. The molecule has 1 fully saturated rings. The second kappa shape index (κ2) is 52.9. The molecule has 7 aromatic heterocycles. The molecular weight excluding hydrogens is 1950 g/mol. The highest BCUT2D eigenvalue weighted by atomic mass is 32.2. The van der Waals surface area contributed by atoms with Gasteiger partial charge in [-0.05, 0) is 182 Å². The standard InChI is InChI=1S/C19H20N4O2S.C17H15N5O4S.C17H15N3O4S.C16H14FN3OS.C15H18N4O3S.C15H13N3OS/c1-12-8-9-14(10-13(12)2)20-17(24)11-26-19-21-18(22-23-19)15-6-4-5-7-16(15)25-3;1-26-14-9-5-2-6-11(14)16-19-17(21-20-16)27-10-15(23)18-12-7-3-4-8-13(12)22(24)25;1-24-15-5-3-2-4-11(15)16-18-17(20-19-16)25-9-14(23)10-6-7-12(21)13(22)8-10;1-21-14-9-5-3-7-12(14)15-18-16(20-19-15)22-10-11-6-2-4-8-13(11)17;1-21-12-5-3-2-4-11(12)14-16-15(18-17-14)23-10-13(20)19-6-8-22-9-7-19;1-10-8-9-20-13(10)6-7-14-16-15(18-17-14)11-4-2-3-5-12(11)19/h4-10H,11H2,1-3H3,(H,20,24)(H,21,22,23);2-9H,10H2,1H3,(H,18,23)(H,19,20,21);2-8,21-22H,9H2,1H3,(H,18,19,20);2-9H,10H2,1H3,(H,18,19,20);2-5H,6-10H2,1H3,(H,16,17,18);2-9,19H,1H3,(H,16,17,18)/b;;;;;7-6+. The number of nitro benzene ring substituents is 1. The number of hydrogen-bond acceptors (Lipinski definition) is 33. The molecule has 0 radical (unpaired) electrons. The monoisotopic (exact) mass is 2040 g/mol. The molecule has 44 heteroatoms. The van der Waals surface area contributed by atoms with Gasteiger partial charge in [0.05, 0.1) is 110 Å². The van der Waals surface area contributed by atoms with Gasteiger partial charge in [-0.15, -0.1) is 36.8 Å². The summed E-state index contributed by atoms with van der Waals surface area (Å²) in [6.07, 6.45) is 3.89. The van der Waals surface area contributed by atoms with Crippen LogP contribution in [0.1, 0.15) is 43.3 Å². The number of aromatic nitrogens is 18. The summed E-state index contributed by atoms with van der Waals surface area (Å²) < 4.78 is 45.4. The minimum absolute atomic E-state index is 0.00919. The number of aromatic amines is 6. The average molecular weight is 2040 g/mol. The lowest BCUT2D eigenvalue weighted by Gasteiger charge is -2.26. The number of anilines is 2. The van der Waals surface area contributed by atoms with E-state index in [-0.39, 0.29) is 69.3 Å². The third-order valence-corrected chi connectivity index (χ3v) is 25.8. The summed E-state index contributed by atoms with van der Waals surface area (Å²) in [4.78, 5) is 88.3. The molecule has 17 aromatic rings. The predicted octanol–water partition coefficient (Wildman–Crippen LogP) is 18.9. The molecule has 1 saturated heterocycles. The summed E-state index contributed by atoms with van der Waals surface area (Å²) in [5.74, 6) is 7.51. The SMILES string of the molecule is COc1ccccc1-c1nc(SCC(=O)N2CCOCC2)n[nH]1.COc1ccccc1-c1nc(SCC(=O)Nc2ccc(C)c(C)c2)n[nH]1.COc1ccccc1-c1nc(SCC(=O)Nc2ccccc2[N+](=O)[O-])n[nH]1.COc1ccccc1-c1nc(SCC(=O)c2ccc(O)c(O)c2)n[nH]1.COc1ccccc1-c1nc(SCc2ccccc2F)n[nH]1.Cc1ccsc1/C=C/c1nc(-c2ccccc2O)n[nH]1. The Hall–Kier alpha value is -16.0. The van der Waals surface area contributed by atoms with Gasteiger partial charge in [0.2, 0.25) is 43.5 Å². The van der Waals surface area contributed by atoms with Gasteiger partial charge in [-0.3, -0.25) is 59.9 Å². The molecule has 0 unspecified atom stereocenters. The van der Waals surface area contributed by atoms with Gasteiger partial charge in [0.25, 0.3) is 5.69 Å². The van der Waals surface area contributed by atoms with Crippen LogP contribution >= 0.6 is 70.1 Å². The van der Waals surface area contributed by atoms with Crippen LogP contribution in [-0.2, 0) is 24.9 Å². The number of thioether (sulfide) groups is 5. The number of aryl methyl sites for hydroxylation is 3.